The van der Waals surface area contributed by atoms with Crippen molar-refractivity contribution < 1.29 is 0 Å². The summed E-state index contributed by atoms with van der Waals surface area (Å²) in [5.74, 6) is 0.371. The lowest BCUT2D eigenvalue weighted by Crippen LogP contribution is -2.32. The lowest BCUT2D eigenvalue weighted by atomic mass is 10.3. The monoisotopic (exact) mass is 257 g/mol. The molecule has 0 radical (unpaired) electrons. The molecule has 19 heavy (non-hydrogen) atoms. The van der Waals surface area contributed by atoms with Gasteiger partial charge in [-0.15, -0.1) is 10.2 Å². The molecule has 96 valence electrons. The standard InChI is InChI=1S/C10H11N9/c1-19-17-6-3-2-5(4-7(6)18-19)13-14-8-9(11)15-16-10(8)12/h2-4,13H,1H3,(H4,11,12,14,15,16). The molecule has 0 spiro atoms. The van der Waals surface area contributed by atoms with Gasteiger partial charge in [0.25, 0.3) is 0 Å². The van der Waals surface area contributed by atoms with Crippen molar-refractivity contribution >= 4 is 34.1 Å². The first kappa shape index (κ1) is 11.1. The van der Waals surface area contributed by atoms with Crippen molar-refractivity contribution in [3.05, 3.63) is 18.2 Å². The van der Waals surface area contributed by atoms with Gasteiger partial charge in [-0.2, -0.15) is 20.1 Å². The minimum Gasteiger partial charge on any atom is -0.380 e. The van der Waals surface area contributed by atoms with Crippen LogP contribution in [0.1, 0.15) is 0 Å². The van der Waals surface area contributed by atoms with E-state index in [2.05, 4.69) is 30.9 Å². The third-order valence-corrected chi connectivity index (χ3v) is 2.53. The fourth-order valence-electron chi connectivity index (χ4n) is 1.66. The number of hydrazone groups is 1. The summed E-state index contributed by atoms with van der Waals surface area (Å²) in [4.78, 5) is 1.51. The maximum Gasteiger partial charge on any atom is 0.177 e. The van der Waals surface area contributed by atoms with Gasteiger partial charge in [0.2, 0.25) is 0 Å². The van der Waals surface area contributed by atoms with E-state index in [4.69, 9.17) is 11.5 Å². The highest BCUT2D eigenvalue weighted by Gasteiger charge is 2.16. The zero-order chi connectivity index (χ0) is 13.4. The van der Waals surface area contributed by atoms with E-state index in [0.717, 1.165) is 16.7 Å². The summed E-state index contributed by atoms with van der Waals surface area (Å²) in [7, 11) is 1.76. The Morgan fingerprint density at radius 1 is 1.11 bits per heavy atom. The number of aromatic nitrogens is 3. The second-order valence-corrected chi connectivity index (χ2v) is 3.94. The number of anilines is 1. The van der Waals surface area contributed by atoms with Crippen LogP contribution in [0.5, 0.6) is 0 Å². The van der Waals surface area contributed by atoms with Gasteiger partial charge in [0.05, 0.1) is 5.69 Å². The minimum atomic E-state index is 0.186. The van der Waals surface area contributed by atoms with Crippen molar-refractivity contribution in [2.75, 3.05) is 5.43 Å². The van der Waals surface area contributed by atoms with Crippen molar-refractivity contribution in [1.82, 2.24) is 15.0 Å². The normalized spacial score (nSPS) is 14.5. The van der Waals surface area contributed by atoms with Gasteiger partial charge in [0, 0.05) is 7.05 Å². The molecule has 9 heteroatoms. The predicted octanol–water partition coefficient (Wildman–Crippen LogP) is -0.621. The molecule has 9 nitrogen and oxygen atoms in total. The summed E-state index contributed by atoms with van der Waals surface area (Å²) in [5.41, 5.74) is 16.7. The molecule has 0 saturated heterocycles. The van der Waals surface area contributed by atoms with Gasteiger partial charge in [0.1, 0.15) is 11.0 Å². The largest absolute Gasteiger partial charge is 0.380 e. The van der Waals surface area contributed by atoms with Crippen molar-refractivity contribution in [3.63, 3.8) is 0 Å². The Kier molecular flexibility index (Phi) is 2.37. The van der Waals surface area contributed by atoms with E-state index in [-0.39, 0.29) is 11.7 Å². The number of hydrogen-bond acceptors (Lipinski definition) is 8. The number of fused-ring (bicyclic) bond motifs is 1. The molecule has 0 atom stereocenters. The summed E-state index contributed by atoms with van der Waals surface area (Å²) >= 11 is 0. The molecule has 5 N–H and O–H groups in total. The fourth-order valence-corrected chi connectivity index (χ4v) is 1.66. The molecule has 0 amide bonds. The molecule has 2 aromatic rings. The first-order valence-corrected chi connectivity index (χ1v) is 5.45. The van der Waals surface area contributed by atoms with Crippen LogP contribution in [0.25, 0.3) is 11.0 Å². The Hall–Kier alpha value is -2.97. The van der Waals surface area contributed by atoms with Crippen LogP contribution in [-0.2, 0) is 7.05 Å². The maximum atomic E-state index is 5.59. The third-order valence-electron chi connectivity index (χ3n) is 2.53. The highest BCUT2D eigenvalue weighted by molar-refractivity contribution is 6.68. The average Bonchev–Trinajstić information content (AvgIpc) is 2.89. The Morgan fingerprint density at radius 2 is 1.79 bits per heavy atom. The Labute approximate surface area is 107 Å². The van der Waals surface area contributed by atoms with E-state index in [1.807, 2.05) is 18.2 Å². The molecule has 2 heterocycles. The Bertz CT molecular complexity index is 717. The smallest absolute Gasteiger partial charge is 0.177 e. The number of nitrogens with zero attached hydrogens (tertiary/aromatic N) is 6. The molecule has 0 unspecified atom stereocenters. The molecule has 0 fully saturated rings. The van der Waals surface area contributed by atoms with Crippen LogP contribution in [-0.4, -0.2) is 32.4 Å². The molecule has 0 aliphatic carbocycles. The van der Waals surface area contributed by atoms with Crippen LogP contribution in [0.15, 0.2) is 33.5 Å². The lowest BCUT2D eigenvalue weighted by Gasteiger charge is -2.01. The van der Waals surface area contributed by atoms with E-state index >= 15 is 0 Å². The second kappa shape index (κ2) is 4.05. The van der Waals surface area contributed by atoms with Gasteiger partial charge >= 0.3 is 0 Å². The van der Waals surface area contributed by atoms with Gasteiger partial charge in [-0.25, -0.2) is 0 Å². The first-order valence-electron chi connectivity index (χ1n) is 5.45. The van der Waals surface area contributed by atoms with Gasteiger partial charge in [0.15, 0.2) is 17.4 Å². The molecule has 0 saturated carbocycles. The van der Waals surface area contributed by atoms with Crippen molar-refractivity contribution in [3.8, 4) is 0 Å². The molecular weight excluding hydrogens is 246 g/mol. The maximum absolute atomic E-state index is 5.59. The zero-order valence-electron chi connectivity index (χ0n) is 10.1. The summed E-state index contributed by atoms with van der Waals surface area (Å²) in [6.45, 7) is 0. The summed E-state index contributed by atoms with van der Waals surface area (Å²) < 4.78 is 0. The van der Waals surface area contributed by atoms with Crippen LogP contribution in [0.3, 0.4) is 0 Å². The fraction of sp³-hybridized carbons (Fsp3) is 0.100. The first-order chi connectivity index (χ1) is 9.13. The number of nitrogens with one attached hydrogen (secondary N) is 1. The lowest BCUT2D eigenvalue weighted by molar-refractivity contribution is 0.665. The summed E-state index contributed by atoms with van der Waals surface area (Å²) in [6.07, 6.45) is 0. The van der Waals surface area contributed by atoms with Crippen LogP contribution in [0.4, 0.5) is 5.69 Å². The van der Waals surface area contributed by atoms with E-state index in [9.17, 15) is 0 Å². The molecule has 1 aromatic carbocycles. The van der Waals surface area contributed by atoms with Crippen LogP contribution in [0.2, 0.25) is 0 Å². The predicted molar refractivity (Wildman–Crippen MR) is 72.8 cm³/mol. The minimum absolute atomic E-state index is 0.186. The van der Waals surface area contributed by atoms with Crippen molar-refractivity contribution in [1.29, 1.82) is 0 Å². The number of rotatable bonds is 2. The molecule has 1 aliphatic rings. The van der Waals surface area contributed by atoms with E-state index in [1.165, 1.54) is 4.80 Å². The summed E-state index contributed by atoms with van der Waals surface area (Å²) in [5, 5.41) is 19.7. The number of aryl methyl sites for hydroxylation is 1. The number of benzene rings is 1. The zero-order valence-corrected chi connectivity index (χ0v) is 10.1. The number of nitrogens with two attached hydrogens (primary N) is 2. The second-order valence-electron chi connectivity index (χ2n) is 3.94. The quantitative estimate of drug-likeness (QED) is 0.617. The van der Waals surface area contributed by atoms with Crippen LogP contribution in [0, 0.1) is 0 Å². The van der Waals surface area contributed by atoms with Gasteiger partial charge in [-0.3, -0.25) is 5.43 Å². The molecular formula is C10H11N9. The van der Waals surface area contributed by atoms with Gasteiger partial charge < -0.3 is 11.5 Å². The van der Waals surface area contributed by atoms with Crippen LogP contribution >= 0.6 is 0 Å². The average molecular weight is 257 g/mol. The Morgan fingerprint density at radius 3 is 2.53 bits per heavy atom. The van der Waals surface area contributed by atoms with E-state index in [0.29, 0.717) is 5.71 Å². The number of hydrogen-bond donors (Lipinski definition) is 3. The summed E-state index contributed by atoms with van der Waals surface area (Å²) in [6, 6.07) is 5.49. The molecule has 0 bridgehead atoms. The topological polar surface area (TPSA) is 132 Å². The third kappa shape index (κ3) is 1.97. The van der Waals surface area contributed by atoms with Crippen molar-refractivity contribution in [2.24, 2.45) is 33.8 Å². The van der Waals surface area contributed by atoms with E-state index < -0.39 is 0 Å². The highest BCUT2D eigenvalue weighted by Crippen LogP contribution is 2.15. The Balaban J connectivity index is 1.88. The van der Waals surface area contributed by atoms with Gasteiger partial charge in [-0.05, 0) is 18.2 Å². The molecule has 3 rings (SSSR count). The molecule has 1 aliphatic heterocycles. The molecule has 1 aromatic heterocycles. The van der Waals surface area contributed by atoms with Crippen molar-refractivity contribution in [2.45, 2.75) is 0 Å². The van der Waals surface area contributed by atoms with Gasteiger partial charge in [-0.1, -0.05) is 0 Å². The van der Waals surface area contributed by atoms with E-state index in [1.54, 1.807) is 7.05 Å². The highest BCUT2D eigenvalue weighted by atomic mass is 15.4. The SMILES string of the molecule is Cn1nc2ccc(NN=C3C(N)=NN=C3N)cc2n1. The number of amidine groups is 2. The van der Waals surface area contributed by atoms with Crippen LogP contribution < -0.4 is 16.9 Å².